The molecule has 1 amide bonds. The Kier molecular flexibility index (Phi) is 7.39. The standard InChI is InChI=1S/C18H30N2O2/c1-14(2)13-22-16-9-7-15(8-10-16)18(3,4)17(21)20-12-6-5-11-19/h7-10,14H,5-6,11-13,19H2,1-4H3,(H,20,21). The highest BCUT2D eigenvalue weighted by molar-refractivity contribution is 5.87. The zero-order valence-corrected chi connectivity index (χ0v) is 14.3. The van der Waals surface area contributed by atoms with Crippen molar-refractivity contribution in [3.8, 4) is 5.75 Å². The highest BCUT2D eigenvalue weighted by Crippen LogP contribution is 2.25. The second-order valence-corrected chi connectivity index (χ2v) is 6.61. The summed E-state index contributed by atoms with van der Waals surface area (Å²) in [5.41, 5.74) is 5.89. The van der Waals surface area contributed by atoms with E-state index < -0.39 is 5.41 Å². The van der Waals surface area contributed by atoms with Crippen molar-refractivity contribution in [2.45, 2.75) is 46.0 Å². The van der Waals surface area contributed by atoms with Gasteiger partial charge in [0.15, 0.2) is 0 Å². The third kappa shape index (κ3) is 5.68. The molecule has 4 nitrogen and oxygen atoms in total. The van der Waals surface area contributed by atoms with Gasteiger partial charge in [-0.3, -0.25) is 4.79 Å². The molecule has 1 rings (SSSR count). The van der Waals surface area contributed by atoms with Gasteiger partial charge in [0.05, 0.1) is 12.0 Å². The Balaban J connectivity index is 2.61. The summed E-state index contributed by atoms with van der Waals surface area (Å²) in [6.07, 6.45) is 1.85. The van der Waals surface area contributed by atoms with E-state index >= 15 is 0 Å². The third-order valence-electron chi connectivity index (χ3n) is 3.64. The van der Waals surface area contributed by atoms with Crippen molar-refractivity contribution >= 4 is 5.91 Å². The lowest BCUT2D eigenvalue weighted by atomic mass is 9.83. The van der Waals surface area contributed by atoms with Gasteiger partial charge in [-0.1, -0.05) is 26.0 Å². The Labute approximate surface area is 134 Å². The zero-order valence-electron chi connectivity index (χ0n) is 14.3. The first-order chi connectivity index (χ1) is 10.4. The maximum atomic E-state index is 12.4. The zero-order chi connectivity index (χ0) is 16.6. The van der Waals surface area contributed by atoms with Gasteiger partial charge in [-0.15, -0.1) is 0 Å². The normalized spacial score (nSPS) is 11.5. The van der Waals surface area contributed by atoms with Gasteiger partial charge in [0.1, 0.15) is 5.75 Å². The van der Waals surface area contributed by atoms with Gasteiger partial charge in [0, 0.05) is 6.54 Å². The lowest BCUT2D eigenvalue weighted by molar-refractivity contribution is -0.125. The van der Waals surface area contributed by atoms with Crippen LogP contribution in [0.1, 0.15) is 46.1 Å². The average molecular weight is 306 g/mol. The Morgan fingerprint density at radius 3 is 2.41 bits per heavy atom. The van der Waals surface area contributed by atoms with Crippen molar-refractivity contribution in [3.05, 3.63) is 29.8 Å². The first-order valence-corrected chi connectivity index (χ1v) is 8.09. The maximum absolute atomic E-state index is 12.4. The number of nitrogens with two attached hydrogens (primary N) is 1. The largest absolute Gasteiger partial charge is 0.493 e. The van der Waals surface area contributed by atoms with Gasteiger partial charge >= 0.3 is 0 Å². The number of rotatable bonds is 9. The Hall–Kier alpha value is -1.55. The summed E-state index contributed by atoms with van der Waals surface area (Å²) in [5, 5.41) is 2.99. The Morgan fingerprint density at radius 2 is 1.86 bits per heavy atom. The van der Waals surface area contributed by atoms with Gasteiger partial charge < -0.3 is 15.8 Å². The molecule has 4 heteroatoms. The quantitative estimate of drug-likeness (QED) is 0.690. The van der Waals surface area contributed by atoms with Crippen LogP contribution in [-0.2, 0) is 10.2 Å². The molecule has 0 aromatic heterocycles. The van der Waals surface area contributed by atoms with Gasteiger partial charge in [-0.05, 0) is 56.8 Å². The predicted molar refractivity (Wildman–Crippen MR) is 91.1 cm³/mol. The topological polar surface area (TPSA) is 64.3 Å². The van der Waals surface area contributed by atoms with E-state index in [2.05, 4.69) is 19.2 Å². The van der Waals surface area contributed by atoms with E-state index in [9.17, 15) is 4.79 Å². The van der Waals surface area contributed by atoms with Crippen LogP contribution in [0.15, 0.2) is 24.3 Å². The number of unbranched alkanes of at least 4 members (excludes halogenated alkanes) is 1. The summed E-state index contributed by atoms with van der Waals surface area (Å²) in [6, 6.07) is 7.80. The molecule has 0 aliphatic heterocycles. The van der Waals surface area contributed by atoms with E-state index in [-0.39, 0.29) is 5.91 Å². The van der Waals surface area contributed by atoms with Crippen molar-refractivity contribution in [3.63, 3.8) is 0 Å². The fourth-order valence-corrected chi connectivity index (χ4v) is 2.05. The van der Waals surface area contributed by atoms with Crippen LogP contribution in [0.4, 0.5) is 0 Å². The van der Waals surface area contributed by atoms with Crippen molar-refractivity contribution in [2.75, 3.05) is 19.7 Å². The molecule has 1 aromatic rings. The molecule has 0 atom stereocenters. The number of nitrogens with one attached hydrogen (secondary N) is 1. The van der Waals surface area contributed by atoms with Gasteiger partial charge in [-0.2, -0.15) is 0 Å². The van der Waals surface area contributed by atoms with Crippen LogP contribution in [0, 0.1) is 5.92 Å². The van der Waals surface area contributed by atoms with Crippen LogP contribution in [-0.4, -0.2) is 25.6 Å². The van der Waals surface area contributed by atoms with Crippen LogP contribution in [0.25, 0.3) is 0 Å². The summed E-state index contributed by atoms with van der Waals surface area (Å²) in [4.78, 5) is 12.4. The van der Waals surface area contributed by atoms with E-state index in [1.807, 2.05) is 38.1 Å². The number of carbonyl (C=O) groups is 1. The second-order valence-electron chi connectivity index (χ2n) is 6.61. The molecule has 1 aromatic carbocycles. The summed E-state index contributed by atoms with van der Waals surface area (Å²) in [5.74, 6) is 1.38. The highest BCUT2D eigenvalue weighted by atomic mass is 16.5. The molecule has 0 unspecified atom stereocenters. The summed E-state index contributed by atoms with van der Waals surface area (Å²) in [6.45, 7) is 10.2. The SMILES string of the molecule is CC(C)COc1ccc(C(C)(C)C(=O)NCCCCN)cc1. The summed E-state index contributed by atoms with van der Waals surface area (Å²) in [7, 11) is 0. The molecule has 3 N–H and O–H groups in total. The van der Waals surface area contributed by atoms with E-state index in [0.717, 1.165) is 24.2 Å². The fraction of sp³-hybridized carbons (Fsp3) is 0.611. The van der Waals surface area contributed by atoms with Crippen molar-refractivity contribution in [1.82, 2.24) is 5.32 Å². The molecule has 0 bridgehead atoms. The first-order valence-electron chi connectivity index (χ1n) is 8.09. The molecule has 0 aliphatic rings. The molecular weight excluding hydrogens is 276 g/mol. The van der Waals surface area contributed by atoms with Crippen LogP contribution in [0.5, 0.6) is 5.75 Å². The van der Waals surface area contributed by atoms with Crippen molar-refractivity contribution in [1.29, 1.82) is 0 Å². The minimum absolute atomic E-state index is 0.0420. The van der Waals surface area contributed by atoms with Crippen LogP contribution in [0.3, 0.4) is 0 Å². The molecule has 0 saturated heterocycles. The summed E-state index contributed by atoms with van der Waals surface area (Å²) >= 11 is 0. The van der Waals surface area contributed by atoms with Crippen molar-refractivity contribution in [2.24, 2.45) is 11.7 Å². The predicted octanol–water partition coefficient (Wildman–Crippen LogP) is 2.85. The molecule has 22 heavy (non-hydrogen) atoms. The average Bonchev–Trinajstić information content (AvgIpc) is 2.49. The highest BCUT2D eigenvalue weighted by Gasteiger charge is 2.29. The van der Waals surface area contributed by atoms with E-state index in [1.165, 1.54) is 0 Å². The summed E-state index contributed by atoms with van der Waals surface area (Å²) < 4.78 is 5.67. The third-order valence-corrected chi connectivity index (χ3v) is 3.64. The molecule has 0 saturated carbocycles. The molecule has 0 fully saturated rings. The number of benzene rings is 1. The van der Waals surface area contributed by atoms with Crippen LogP contribution in [0.2, 0.25) is 0 Å². The minimum Gasteiger partial charge on any atom is -0.493 e. The number of amides is 1. The van der Waals surface area contributed by atoms with E-state index in [4.69, 9.17) is 10.5 Å². The molecule has 0 radical (unpaired) electrons. The smallest absolute Gasteiger partial charge is 0.230 e. The molecule has 0 heterocycles. The monoisotopic (exact) mass is 306 g/mol. The Morgan fingerprint density at radius 1 is 1.23 bits per heavy atom. The van der Waals surface area contributed by atoms with Gasteiger partial charge in [-0.25, -0.2) is 0 Å². The van der Waals surface area contributed by atoms with Gasteiger partial charge in [0.2, 0.25) is 5.91 Å². The minimum atomic E-state index is -0.556. The van der Waals surface area contributed by atoms with E-state index in [1.54, 1.807) is 0 Å². The molecule has 124 valence electrons. The number of hydrogen-bond donors (Lipinski definition) is 2. The maximum Gasteiger partial charge on any atom is 0.230 e. The van der Waals surface area contributed by atoms with Gasteiger partial charge in [0.25, 0.3) is 0 Å². The second kappa shape index (κ2) is 8.79. The lowest BCUT2D eigenvalue weighted by Crippen LogP contribution is -2.40. The Bertz CT molecular complexity index is 453. The number of hydrogen-bond acceptors (Lipinski definition) is 3. The van der Waals surface area contributed by atoms with E-state index in [0.29, 0.717) is 25.6 Å². The first kappa shape index (κ1) is 18.5. The van der Waals surface area contributed by atoms with Crippen LogP contribution >= 0.6 is 0 Å². The number of ether oxygens (including phenoxy) is 1. The van der Waals surface area contributed by atoms with Crippen molar-refractivity contribution < 1.29 is 9.53 Å². The molecule has 0 spiro atoms. The lowest BCUT2D eigenvalue weighted by Gasteiger charge is -2.24. The fourth-order valence-electron chi connectivity index (χ4n) is 2.05. The van der Waals surface area contributed by atoms with Crippen LogP contribution < -0.4 is 15.8 Å². The number of carbonyl (C=O) groups excluding carboxylic acids is 1. The molecule has 0 aliphatic carbocycles. The molecular formula is C18H30N2O2.